The van der Waals surface area contributed by atoms with Gasteiger partial charge in [0, 0.05) is 54.1 Å². The predicted octanol–water partition coefficient (Wildman–Crippen LogP) is 5.31. The summed E-state index contributed by atoms with van der Waals surface area (Å²) in [5, 5.41) is 3.91. The van der Waals surface area contributed by atoms with Crippen LogP contribution in [0.15, 0.2) is 71.9 Å². The van der Waals surface area contributed by atoms with Crippen molar-refractivity contribution in [2.45, 2.75) is 26.8 Å². The van der Waals surface area contributed by atoms with Gasteiger partial charge >= 0.3 is 0 Å². The minimum atomic E-state index is -0.131. The average Bonchev–Trinajstić information content (AvgIpc) is 3.51. The van der Waals surface area contributed by atoms with E-state index in [1.165, 1.54) is 0 Å². The molecule has 0 bridgehead atoms. The molecule has 1 N–H and O–H groups in total. The minimum Gasteiger partial charge on any atom is -0.497 e. The number of hydrogen-bond donors (Lipinski definition) is 1. The monoisotopic (exact) mass is 459 g/mol. The van der Waals surface area contributed by atoms with Crippen LogP contribution in [0.1, 0.15) is 25.8 Å². The van der Waals surface area contributed by atoms with Gasteiger partial charge in [0.25, 0.3) is 0 Å². The van der Waals surface area contributed by atoms with E-state index in [0.29, 0.717) is 18.9 Å². The lowest BCUT2D eigenvalue weighted by molar-refractivity contribution is -0.116. The molecule has 2 heterocycles. The Hall–Kier alpha value is -4.00. The normalized spacial score (nSPS) is 11.6. The van der Waals surface area contributed by atoms with Crippen molar-refractivity contribution in [2.24, 2.45) is 0 Å². The van der Waals surface area contributed by atoms with Gasteiger partial charge in [0.15, 0.2) is 0 Å². The van der Waals surface area contributed by atoms with Crippen molar-refractivity contribution in [1.29, 1.82) is 0 Å². The zero-order valence-electron chi connectivity index (χ0n) is 19.7. The van der Waals surface area contributed by atoms with Crippen molar-refractivity contribution in [2.75, 3.05) is 20.3 Å². The summed E-state index contributed by atoms with van der Waals surface area (Å²) in [6.45, 7) is 5.76. The molecule has 2 aromatic carbocycles. The molecule has 7 heteroatoms. The molecule has 0 aliphatic rings. The number of benzene rings is 2. The number of nitrogens with zero attached hydrogens (tertiary/aromatic N) is 2. The maximum atomic E-state index is 12.5. The molecule has 0 atom stereocenters. The first-order chi connectivity index (χ1) is 16.6. The summed E-state index contributed by atoms with van der Waals surface area (Å²) >= 11 is 0. The summed E-state index contributed by atoms with van der Waals surface area (Å²) in [4.78, 5) is 16.6. The average molecular weight is 460 g/mol. The van der Waals surface area contributed by atoms with E-state index in [4.69, 9.17) is 13.9 Å². The van der Waals surface area contributed by atoms with Crippen LogP contribution in [0.5, 0.6) is 11.5 Å². The molecular formula is C27H29N3O4. The highest BCUT2D eigenvalue weighted by Crippen LogP contribution is 2.37. The Morgan fingerprint density at radius 3 is 2.76 bits per heavy atom. The molecule has 0 fully saturated rings. The lowest BCUT2D eigenvalue weighted by Gasteiger charge is -2.12. The summed E-state index contributed by atoms with van der Waals surface area (Å²) in [5.74, 6) is 1.35. The van der Waals surface area contributed by atoms with Crippen LogP contribution < -0.4 is 14.8 Å². The smallest absolute Gasteiger partial charge is 0.244 e. The number of carbonyl (C=O) groups excluding carboxylic acids is 1. The number of aryl methyl sites for hydroxylation is 1. The Morgan fingerprint density at radius 2 is 2.06 bits per heavy atom. The Bertz CT molecular complexity index is 1270. The number of fused-ring (bicyclic) bond motifs is 1. The number of hydrogen-bond acceptors (Lipinski definition) is 5. The summed E-state index contributed by atoms with van der Waals surface area (Å²) in [6, 6.07) is 11.8. The molecule has 4 rings (SSSR count). The first-order valence-corrected chi connectivity index (χ1v) is 11.3. The van der Waals surface area contributed by atoms with E-state index in [1.807, 2.05) is 61.0 Å². The van der Waals surface area contributed by atoms with Crippen molar-refractivity contribution in [3.63, 3.8) is 0 Å². The lowest BCUT2D eigenvalue weighted by Crippen LogP contribution is -2.23. The van der Waals surface area contributed by atoms with Crippen molar-refractivity contribution in [3.05, 3.63) is 73.0 Å². The van der Waals surface area contributed by atoms with Crippen LogP contribution >= 0.6 is 0 Å². The van der Waals surface area contributed by atoms with Gasteiger partial charge in [-0.3, -0.25) is 4.79 Å². The predicted molar refractivity (Wildman–Crippen MR) is 133 cm³/mol. The van der Waals surface area contributed by atoms with Gasteiger partial charge in [-0.1, -0.05) is 12.1 Å². The van der Waals surface area contributed by atoms with Gasteiger partial charge in [0.1, 0.15) is 17.1 Å². The zero-order valence-corrected chi connectivity index (χ0v) is 19.7. The molecule has 1 amide bonds. The van der Waals surface area contributed by atoms with Crippen molar-refractivity contribution >= 4 is 22.4 Å². The minimum absolute atomic E-state index is 0.131. The highest BCUT2D eigenvalue weighted by Gasteiger charge is 2.15. The van der Waals surface area contributed by atoms with Crippen LogP contribution in [-0.2, 0) is 11.3 Å². The quantitative estimate of drug-likeness (QED) is 0.257. The lowest BCUT2D eigenvalue weighted by atomic mass is 9.99. The molecule has 0 saturated carbocycles. The van der Waals surface area contributed by atoms with Gasteiger partial charge < -0.3 is 23.8 Å². The second-order valence-electron chi connectivity index (χ2n) is 7.93. The van der Waals surface area contributed by atoms with Crippen LogP contribution in [0.2, 0.25) is 0 Å². The molecule has 4 aromatic rings. The van der Waals surface area contributed by atoms with Gasteiger partial charge in [-0.15, -0.1) is 0 Å². The second kappa shape index (κ2) is 10.7. The third-order valence-electron chi connectivity index (χ3n) is 5.60. The van der Waals surface area contributed by atoms with Gasteiger partial charge in [0.05, 0.1) is 26.3 Å². The maximum absolute atomic E-state index is 12.5. The van der Waals surface area contributed by atoms with Crippen LogP contribution in [0.4, 0.5) is 0 Å². The number of methoxy groups -OCH3 is 1. The van der Waals surface area contributed by atoms with Crippen LogP contribution in [-0.4, -0.2) is 35.7 Å². The fourth-order valence-electron chi connectivity index (χ4n) is 3.85. The molecule has 0 spiro atoms. The topological polar surface area (TPSA) is 78.5 Å². The standard InChI is InChI=1S/C27H29N3O4/c1-4-33-25-16-26-23(24(17-34-26)20-6-8-21(32-3)9-7-20)15-22(25)19(2)14-27(31)29-10-5-12-30-13-11-28-18-30/h6-9,11,13-18H,4-5,10,12H2,1-3H3,(H,29,31)/b19-14+. The van der Waals surface area contributed by atoms with Crippen LogP contribution in [0.3, 0.4) is 0 Å². The number of aromatic nitrogens is 2. The molecule has 176 valence electrons. The summed E-state index contributed by atoms with van der Waals surface area (Å²) in [5.41, 5.74) is 4.40. The molecule has 0 radical (unpaired) electrons. The highest BCUT2D eigenvalue weighted by atomic mass is 16.5. The molecule has 34 heavy (non-hydrogen) atoms. The van der Waals surface area contributed by atoms with E-state index < -0.39 is 0 Å². The number of allylic oxidation sites excluding steroid dienone is 1. The van der Waals surface area contributed by atoms with E-state index in [-0.39, 0.29) is 5.91 Å². The fourth-order valence-corrected chi connectivity index (χ4v) is 3.85. The number of ether oxygens (including phenoxy) is 2. The van der Waals surface area contributed by atoms with E-state index >= 15 is 0 Å². The Labute approximate surface area is 199 Å². The highest BCUT2D eigenvalue weighted by molar-refractivity contribution is 6.00. The fraction of sp³-hybridized carbons (Fsp3) is 0.259. The SMILES string of the molecule is CCOc1cc2occ(-c3ccc(OC)cc3)c2cc1/C(C)=C/C(=O)NCCCn1ccnc1. The molecule has 2 aromatic heterocycles. The molecule has 0 saturated heterocycles. The zero-order chi connectivity index (χ0) is 23.9. The Morgan fingerprint density at radius 1 is 1.24 bits per heavy atom. The van der Waals surface area contributed by atoms with E-state index in [1.54, 1.807) is 32.0 Å². The van der Waals surface area contributed by atoms with Gasteiger partial charge in [-0.25, -0.2) is 4.98 Å². The summed E-state index contributed by atoms with van der Waals surface area (Å²) in [6.07, 6.45) is 9.62. The van der Waals surface area contributed by atoms with Crippen molar-refractivity contribution < 1.29 is 18.7 Å². The van der Waals surface area contributed by atoms with Gasteiger partial charge in [-0.05, 0) is 49.6 Å². The Kier molecular flexibility index (Phi) is 7.32. The van der Waals surface area contributed by atoms with Gasteiger partial charge in [-0.2, -0.15) is 0 Å². The Balaban J connectivity index is 1.56. The van der Waals surface area contributed by atoms with Crippen LogP contribution in [0, 0.1) is 0 Å². The number of carbonyl (C=O) groups is 1. The summed E-state index contributed by atoms with van der Waals surface area (Å²) < 4.78 is 19.0. The van der Waals surface area contributed by atoms with E-state index in [0.717, 1.165) is 51.9 Å². The molecule has 7 nitrogen and oxygen atoms in total. The largest absolute Gasteiger partial charge is 0.497 e. The number of rotatable bonds is 10. The molecule has 0 unspecified atom stereocenters. The maximum Gasteiger partial charge on any atom is 0.244 e. The third-order valence-corrected chi connectivity index (χ3v) is 5.60. The number of furan rings is 1. The second-order valence-corrected chi connectivity index (χ2v) is 7.93. The first-order valence-electron chi connectivity index (χ1n) is 11.3. The number of amides is 1. The van der Waals surface area contributed by atoms with E-state index in [2.05, 4.69) is 10.3 Å². The third kappa shape index (κ3) is 5.31. The number of imidazole rings is 1. The van der Waals surface area contributed by atoms with Crippen LogP contribution in [0.25, 0.3) is 27.7 Å². The van der Waals surface area contributed by atoms with Crippen molar-refractivity contribution in [1.82, 2.24) is 14.9 Å². The first kappa shape index (κ1) is 23.2. The van der Waals surface area contributed by atoms with Gasteiger partial charge in [0.2, 0.25) is 5.91 Å². The number of nitrogens with one attached hydrogen (secondary N) is 1. The molecule has 0 aliphatic heterocycles. The molecular weight excluding hydrogens is 430 g/mol. The van der Waals surface area contributed by atoms with Crippen molar-refractivity contribution in [3.8, 4) is 22.6 Å². The molecule has 0 aliphatic carbocycles. The summed E-state index contributed by atoms with van der Waals surface area (Å²) in [7, 11) is 1.65. The van der Waals surface area contributed by atoms with E-state index in [9.17, 15) is 4.79 Å².